The molecule has 0 saturated heterocycles. The van der Waals surface area contributed by atoms with Crippen molar-refractivity contribution in [1.82, 2.24) is 4.90 Å². The number of anilines is 1. The van der Waals surface area contributed by atoms with Crippen molar-refractivity contribution in [2.45, 2.75) is 39.5 Å². The summed E-state index contributed by atoms with van der Waals surface area (Å²) < 4.78 is 4.97. The fourth-order valence-corrected chi connectivity index (χ4v) is 4.08. The average molecular weight is 405 g/mol. The van der Waals surface area contributed by atoms with E-state index in [0.29, 0.717) is 10.7 Å². The topological polar surface area (TPSA) is 41.6 Å². The number of nitrogens with one attached hydrogen (secondary N) is 1. The fraction of sp³-hybridized carbons (Fsp3) is 0.429. The van der Waals surface area contributed by atoms with E-state index in [-0.39, 0.29) is 5.97 Å². The highest BCUT2D eigenvalue weighted by atomic mass is 32.1. The lowest BCUT2D eigenvalue weighted by Crippen LogP contribution is -2.36. The van der Waals surface area contributed by atoms with Crippen molar-refractivity contribution in [2.24, 2.45) is 0 Å². The first kappa shape index (κ1) is 21.4. The van der Waals surface area contributed by atoms with Gasteiger partial charge in [-0.3, -0.25) is 0 Å². The molecule has 0 atom stereocenters. The summed E-state index contributed by atoms with van der Waals surface area (Å²) >= 11 is 7.19. The monoisotopic (exact) mass is 404 g/mol. The Hall–Kier alpha value is -1.92. The van der Waals surface area contributed by atoms with Gasteiger partial charge in [0.05, 0.1) is 12.7 Å². The van der Waals surface area contributed by atoms with E-state index in [2.05, 4.69) is 24.1 Å². The number of carbonyl (C=O) groups excluding carboxylic acids is 1. The molecule has 4 nitrogen and oxygen atoms in total. The van der Waals surface area contributed by atoms with Gasteiger partial charge < -0.3 is 15.0 Å². The first-order valence-corrected chi connectivity index (χ1v) is 10.7. The Morgan fingerprint density at radius 2 is 1.78 bits per heavy atom. The van der Waals surface area contributed by atoms with Gasteiger partial charge in [-0.25, -0.2) is 4.79 Å². The third kappa shape index (κ3) is 6.04. The van der Waals surface area contributed by atoms with Gasteiger partial charge in [0, 0.05) is 18.0 Å². The molecule has 2 aromatic rings. The molecular weight excluding hydrogens is 376 g/mol. The minimum atomic E-state index is -0.354. The summed E-state index contributed by atoms with van der Waals surface area (Å²) in [5.41, 5.74) is 1.59. The maximum atomic E-state index is 12.3. The molecule has 0 radical (unpaired) electrons. The Labute approximate surface area is 171 Å². The van der Waals surface area contributed by atoms with E-state index >= 15 is 0 Å². The zero-order valence-electron chi connectivity index (χ0n) is 16.3. The van der Waals surface area contributed by atoms with Crippen LogP contribution in [-0.2, 0) is 4.74 Å². The number of methoxy groups -OCH3 is 1. The van der Waals surface area contributed by atoms with Crippen molar-refractivity contribution >= 4 is 39.6 Å². The molecule has 2 rings (SSSR count). The number of carbonyl (C=O) groups is 1. The second-order valence-electron chi connectivity index (χ2n) is 6.34. The minimum absolute atomic E-state index is 0.354. The normalized spacial score (nSPS) is 10.5. The number of hydrogen-bond acceptors (Lipinski definition) is 4. The van der Waals surface area contributed by atoms with Crippen LogP contribution in [0.25, 0.3) is 10.4 Å². The van der Waals surface area contributed by atoms with Crippen molar-refractivity contribution < 1.29 is 9.53 Å². The molecule has 1 heterocycles. The number of ether oxygens (including phenoxy) is 1. The molecule has 146 valence electrons. The molecule has 0 aliphatic heterocycles. The molecule has 1 aromatic heterocycles. The van der Waals surface area contributed by atoms with Crippen LogP contribution < -0.4 is 5.32 Å². The Balaban J connectivity index is 2.25. The number of benzene rings is 1. The van der Waals surface area contributed by atoms with Crippen molar-refractivity contribution in [2.75, 3.05) is 25.5 Å². The lowest BCUT2D eigenvalue weighted by atomic mass is 10.1. The van der Waals surface area contributed by atoms with Crippen LogP contribution in [0, 0.1) is 0 Å². The number of thiophene rings is 1. The number of esters is 1. The summed E-state index contributed by atoms with van der Waals surface area (Å²) in [6.07, 6.45) is 4.43. The lowest BCUT2D eigenvalue weighted by molar-refractivity contribution is 0.0602. The van der Waals surface area contributed by atoms with E-state index in [9.17, 15) is 4.79 Å². The highest BCUT2D eigenvalue weighted by molar-refractivity contribution is 7.80. The van der Waals surface area contributed by atoms with Crippen LogP contribution in [0.5, 0.6) is 0 Å². The minimum Gasteiger partial charge on any atom is -0.465 e. The van der Waals surface area contributed by atoms with E-state index in [1.54, 1.807) is 0 Å². The van der Waals surface area contributed by atoms with Crippen LogP contribution in [0.15, 0.2) is 36.4 Å². The van der Waals surface area contributed by atoms with Gasteiger partial charge in [-0.15, -0.1) is 11.3 Å². The van der Waals surface area contributed by atoms with Gasteiger partial charge in [-0.05, 0) is 36.7 Å². The van der Waals surface area contributed by atoms with Crippen LogP contribution in [0.3, 0.4) is 0 Å². The molecule has 0 saturated carbocycles. The molecule has 0 aliphatic carbocycles. The van der Waals surface area contributed by atoms with E-state index in [1.165, 1.54) is 18.4 Å². The Kier molecular flexibility index (Phi) is 8.75. The van der Waals surface area contributed by atoms with Crippen molar-refractivity contribution in [3.8, 4) is 10.4 Å². The summed E-state index contributed by atoms with van der Waals surface area (Å²) in [5.74, 6) is -0.354. The average Bonchev–Trinajstić information content (AvgIpc) is 3.11. The number of rotatable bonds is 9. The summed E-state index contributed by atoms with van der Waals surface area (Å²) in [5, 5.41) is 4.72. The molecular formula is C21H28N2O2S2. The molecule has 0 aliphatic rings. The summed E-state index contributed by atoms with van der Waals surface area (Å²) in [6, 6.07) is 11.9. The van der Waals surface area contributed by atoms with E-state index in [4.69, 9.17) is 17.0 Å². The van der Waals surface area contributed by atoms with Gasteiger partial charge in [0.15, 0.2) is 5.11 Å². The van der Waals surface area contributed by atoms with Crippen molar-refractivity contribution in [3.05, 3.63) is 42.0 Å². The summed E-state index contributed by atoms with van der Waals surface area (Å²) in [4.78, 5) is 15.5. The SMILES string of the molecule is CCCCN(CCCC)C(=S)Nc1sc(-c2ccccc2)cc1C(=O)OC. The summed E-state index contributed by atoms with van der Waals surface area (Å²) in [6.45, 7) is 6.20. The molecule has 6 heteroatoms. The molecule has 0 amide bonds. The van der Waals surface area contributed by atoms with Crippen LogP contribution in [0.1, 0.15) is 49.9 Å². The van der Waals surface area contributed by atoms with Gasteiger partial charge >= 0.3 is 5.97 Å². The number of nitrogens with zero attached hydrogens (tertiary/aromatic N) is 1. The van der Waals surface area contributed by atoms with Gasteiger partial charge in [0.25, 0.3) is 0 Å². The first-order valence-electron chi connectivity index (χ1n) is 9.44. The summed E-state index contributed by atoms with van der Waals surface area (Å²) in [7, 11) is 1.40. The molecule has 0 spiro atoms. The second-order valence-corrected chi connectivity index (χ2v) is 7.77. The van der Waals surface area contributed by atoms with Crippen molar-refractivity contribution in [1.29, 1.82) is 0 Å². The predicted octanol–water partition coefficient (Wildman–Crippen LogP) is 5.80. The van der Waals surface area contributed by atoms with Crippen LogP contribution in [-0.4, -0.2) is 36.2 Å². The molecule has 0 unspecified atom stereocenters. The smallest absolute Gasteiger partial charge is 0.340 e. The molecule has 0 bridgehead atoms. The number of unbranched alkanes of at least 4 members (excludes halogenated alkanes) is 2. The standard InChI is InChI=1S/C21H28N2O2S2/c1-4-6-13-23(14-7-5-2)21(26)22-19-17(20(24)25-3)15-18(27-19)16-11-9-8-10-12-16/h8-12,15H,4-7,13-14H2,1-3H3,(H,22,26). The number of thiocarbonyl (C=S) groups is 1. The quantitative estimate of drug-likeness (QED) is 0.422. The van der Waals surface area contributed by atoms with Crippen molar-refractivity contribution in [3.63, 3.8) is 0 Å². The number of hydrogen-bond donors (Lipinski definition) is 1. The van der Waals surface area contributed by atoms with E-state index in [1.807, 2.05) is 36.4 Å². The molecule has 1 aromatic carbocycles. The molecule has 0 fully saturated rings. The third-order valence-corrected chi connectivity index (χ3v) is 5.73. The van der Waals surface area contributed by atoms with Crippen LogP contribution in [0.2, 0.25) is 0 Å². The third-order valence-electron chi connectivity index (χ3n) is 4.27. The van der Waals surface area contributed by atoms with Crippen LogP contribution in [0.4, 0.5) is 5.00 Å². The second kappa shape index (κ2) is 11.0. The molecule has 1 N–H and O–H groups in total. The lowest BCUT2D eigenvalue weighted by Gasteiger charge is -2.25. The highest BCUT2D eigenvalue weighted by Gasteiger charge is 2.20. The maximum Gasteiger partial charge on any atom is 0.340 e. The van der Waals surface area contributed by atoms with E-state index < -0.39 is 0 Å². The van der Waals surface area contributed by atoms with Gasteiger partial charge in [-0.2, -0.15) is 0 Å². The Morgan fingerprint density at radius 3 is 2.33 bits per heavy atom. The van der Waals surface area contributed by atoms with E-state index in [0.717, 1.165) is 54.2 Å². The Bertz CT molecular complexity index is 736. The fourth-order valence-electron chi connectivity index (χ4n) is 2.68. The highest BCUT2D eigenvalue weighted by Crippen LogP contribution is 2.36. The maximum absolute atomic E-state index is 12.3. The largest absolute Gasteiger partial charge is 0.465 e. The molecule has 27 heavy (non-hydrogen) atoms. The van der Waals surface area contributed by atoms with Gasteiger partial charge in [0.2, 0.25) is 0 Å². The zero-order chi connectivity index (χ0) is 19.6. The van der Waals surface area contributed by atoms with Crippen LogP contribution >= 0.6 is 23.6 Å². The Morgan fingerprint density at radius 1 is 1.15 bits per heavy atom. The predicted molar refractivity (Wildman–Crippen MR) is 119 cm³/mol. The first-order chi connectivity index (χ1) is 13.1. The zero-order valence-corrected chi connectivity index (χ0v) is 17.9. The van der Waals surface area contributed by atoms with Gasteiger partial charge in [0.1, 0.15) is 5.00 Å². The van der Waals surface area contributed by atoms with Gasteiger partial charge in [-0.1, -0.05) is 57.0 Å².